The standard InChI is InChI=1S/C29H40ClN3O3/c1-28(2,3)19-16-20(29(4)12-13-29)18-22(17-19)33-27(36-23-8-6-5-7-9-23)24(30)25(32-33)26(34)31-21-10-14-35-15-11-21/h16-18,21,23H,5-15H2,1-4H3,(H,31,34). The van der Waals surface area contributed by atoms with Crippen molar-refractivity contribution in [2.24, 2.45) is 0 Å². The Morgan fingerprint density at radius 1 is 1.11 bits per heavy atom. The number of benzene rings is 1. The lowest BCUT2D eigenvalue weighted by Gasteiger charge is -2.25. The Kier molecular flexibility index (Phi) is 7.12. The van der Waals surface area contributed by atoms with Gasteiger partial charge in [-0.15, -0.1) is 0 Å². The van der Waals surface area contributed by atoms with E-state index in [0.717, 1.165) is 44.2 Å². The summed E-state index contributed by atoms with van der Waals surface area (Å²) in [6, 6.07) is 6.79. The van der Waals surface area contributed by atoms with E-state index >= 15 is 0 Å². The van der Waals surface area contributed by atoms with Gasteiger partial charge >= 0.3 is 0 Å². The Balaban J connectivity index is 1.56. The van der Waals surface area contributed by atoms with Gasteiger partial charge in [0, 0.05) is 19.3 Å². The van der Waals surface area contributed by atoms with E-state index < -0.39 is 0 Å². The van der Waals surface area contributed by atoms with Gasteiger partial charge in [-0.25, -0.2) is 0 Å². The van der Waals surface area contributed by atoms with Gasteiger partial charge in [-0.1, -0.05) is 51.8 Å². The Bertz CT molecular complexity index is 1080. The van der Waals surface area contributed by atoms with Crippen LogP contribution in [-0.4, -0.2) is 41.0 Å². The zero-order valence-corrected chi connectivity index (χ0v) is 22.9. The molecule has 0 radical (unpaired) electrons. The number of halogens is 1. The van der Waals surface area contributed by atoms with Crippen LogP contribution in [0.25, 0.3) is 5.69 Å². The van der Waals surface area contributed by atoms with Crippen molar-refractivity contribution in [2.45, 2.75) is 108 Å². The largest absolute Gasteiger partial charge is 0.473 e. The van der Waals surface area contributed by atoms with Crippen molar-refractivity contribution in [3.05, 3.63) is 40.0 Å². The number of hydrogen-bond acceptors (Lipinski definition) is 4. The molecule has 2 saturated carbocycles. The van der Waals surface area contributed by atoms with Gasteiger partial charge in [0.05, 0.1) is 5.69 Å². The van der Waals surface area contributed by atoms with Gasteiger partial charge in [0.15, 0.2) is 5.69 Å². The number of aromatic nitrogens is 2. The zero-order chi connectivity index (χ0) is 25.5. The molecule has 0 bridgehead atoms. The van der Waals surface area contributed by atoms with Gasteiger partial charge in [0.2, 0.25) is 5.88 Å². The van der Waals surface area contributed by atoms with Crippen LogP contribution in [0.5, 0.6) is 5.88 Å². The van der Waals surface area contributed by atoms with Crippen molar-refractivity contribution in [1.29, 1.82) is 0 Å². The predicted octanol–water partition coefficient (Wildman–Crippen LogP) is 6.50. The molecule has 36 heavy (non-hydrogen) atoms. The first-order valence-corrected chi connectivity index (χ1v) is 14.0. The van der Waals surface area contributed by atoms with E-state index in [1.165, 1.54) is 30.4 Å². The average Bonchev–Trinajstić information content (AvgIpc) is 3.54. The normalized spacial score (nSPS) is 20.8. The fourth-order valence-electron chi connectivity index (χ4n) is 5.23. The number of hydrogen-bond donors (Lipinski definition) is 1. The molecular formula is C29H40ClN3O3. The number of rotatable bonds is 6. The van der Waals surface area contributed by atoms with Gasteiger partial charge in [-0.3, -0.25) is 4.79 Å². The molecule has 1 aliphatic heterocycles. The summed E-state index contributed by atoms with van der Waals surface area (Å²) < 4.78 is 13.7. The molecule has 2 aliphatic carbocycles. The first kappa shape index (κ1) is 25.6. The molecule has 7 heteroatoms. The van der Waals surface area contributed by atoms with Crippen molar-refractivity contribution >= 4 is 17.5 Å². The molecule has 2 aromatic rings. The maximum atomic E-state index is 13.3. The van der Waals surface area contributed by atoms with Crippen LogP contribution in [0.2, 0.25) is 5.02 Å². The Morgan fingerprint density at radius 3 is 2.44 bits per heavy atom. The fraction of sp³-hybridized carbons (Fsp3) is 0.655. The van der Waals surface area contributed by atoms with Crippen LogP contribution in [0.4, 0.5) is 0 Å². The monoisotopic (exact) mass is 513 g/mol. The predicted molar refractivity (Wildman–Crippen MR) is 143 cm³/mol. The lowest BCUT2D eigenvalue weighted by Crippen LogP contribution is -2.39. The summed E-state index contributed by atoms with van der Waals surface area (Å²) in [4.78, 5) is 13.3. The van der Waals surface area contributed by atoms with Gasteiger partial charge in [0.1, 0.15) is 11.1 Å². The summed E-state index contributed by atoms with van der Waals surface area (Å²) in [5.41, 5.74) is 3.86. The number of carbonyl (C=O) groups is 1. The molecule has 0 unspecified atom stereocenters. The molecular weight excluding hydrogens is 474 g/mol. The molecule has 2 heterocycles. The van der Waals surface area contributed by atoms with E-state index in [0.29, 0.717) is 24.1 Å². The summed E-state index contributed by atoms with van der Waals surface area (Å²) in [6.45, 7) is 10.3. The maximum Gasteiger partial charge on any atom is 0.273 e. The number of amides is 1. The second-order valence-electron chi connectivity index (χ2n) is 12.2. The highest BCUT2D eigenvalue weighted by atomic mass is 35.5. The van der Waals surface area contributed by atoms with Crippen molar-refractivity contribution in [3.8, 4) is 11.6 Å². The van der Waals surface area contributed by atoms with Crippen LogP contribution in [0.3, 0.4) is 0 Å². The number of nitrogens with one attached hydrogen (secondary N) is 1. The third-order valence-electron chi connectivity index (χ3n) is 8.12. The topological polar surface area (TPSA) is 65.4 Å². The average molecular weight is 514 g/mol. The molecule has 1 N–H and O–H groups in total. The van der Waals surface area contributed by atoms with Gasteiger partial charge in [-0.05, 0) is 85.5 Å². The number of nitrogens with zero attached hydrogens (tertiary/aromatic N) is 2. The number of carbonyl (C=O) groups excluding carboxylic acids is 1. The van der Waals surface area contributed by atoms with Crippen LogP contribution in [0.15, 0.2) is 18.2 Å². The van der Waals surface area contributed by atoms with Crippen LogP contribution in [0.1, 0.15) is 107 Å². The second kappa shape index (κ2) is 10.0. The highest BCUT2D eigenvalue weighted by Crippen LogP contribution is 2.49. The molecule has 0 atom stereocenters. The SMILES string of the molecule is CC(C)(C)c1cc(-n2nc(C(=O)NC3CCOCC3)c(Cl)c2OC2CCCCC2)cc(C2(C)CC2)c1. The van der Waals surface area contributed by atoms with E-state index in [-0.39, 0.29) is 34.6 Å². The summed E-state index contributed by atoms with van der Waals surface area (Å²) in [5, 5.41) is 8.21. The van der Waals surface area contributed by atoms with Crippen molar-refractivity contribution in [3.63, 3.8) is 0 Å². The summed E-state index contributed by atoms with van der Waals surface area (Å²) in [7, 11) is 0. The molecule has 196 valence electrons. The Labute approximate surface area is 220 Å². The minimum atomic E-state index is -0.250. The van der Waals surface area contributed by atoms with E-state index in [2.05, 4.69) is 51.2 Å². The fourth-order valence-corrected chi connectivity index (χ4v) is 5.48. The Morgan fingerprint density at radius 2 is 1.81 bits per heavy atom. The lowest BCUT2D eigenvalue weighted by atomic mass is 9.83. The molecule has 3 aliphatic rings. The third-order valence-corrected chi connectivity index (χ3v) is 8.46. The van der Waals surface area contributed by atoms with Gasteiger partial charge in [0.25, 0.3) is 5.91 Å². The van der Waals surface area contributed by atoms with Crippen LogP contribution < -0.4 is 10.1 Å². The van der Waals surface area contributed by atoms with Crippen molar-refractivity contribution < 1.29 is 14.3 Å². The maximum absolute atomic E-state index is 13.3. The summed E-state index contributed by atoms with van der Waals surface area (Å²) in [6.07, 6.45) is 9.58. The van der Waals surface area contributed by atoms with E-state index in [1.807, 2.05) is 0 Å². The van der Waals surface area contributed by atoms with Crippen molar-refractivity contribution in [1.82, 2.24) is 15.1 Å². The summed E-state index contributed by atoms with van der Waals surface area (Å²) >= 11 is 6.89. The van der Waals surface area contributed by atoms with Crippen LogP contribution in [0, 0.1) is 0 Å². The minimum absolute atomic E-state index is 0.0272. The molecule has 6 nitrogen and oxygen atoms in total. The van der Waals surface area contributed by atoms with Gasteiger partial charge < -0.3 is 14.8 Å². The van der Waals surface area contributed by atoms with E-state index in [4.69, 9.17) is 26.2 Å². The quantitative estimate of drug-likeness (QED) is 0.479. The lowest BCUT2D eigenvalue weighted by molar-refractivity contribution is 0.0694. The molecule has 1 aromatic carbocycles. The first-order chi connectivity index (χ1) is 17.1. The zero-order valence-electron chi connectivity index (χ0n) is 22.2. The highest BCUT2D eigenvalue weighted by molar-refractivity contribution is 6.35. The third kappa shape index (κ3) is 5.45. The molecule has 5 rings (SSSR count). The Hall–Kier alpha value is -2.05. The molecule has 1 aromatic heterocycles. The number of ether oxygens (including phenoxy) is 2. The smallest absolute Gasteiger partial charge is 0.273 e. The van der Waals surface area contributed by atoms with E-state index in [9.17, 15) is 4.79 Å². The molecule has 1 amide bonds. The first-order valence-electron chi connectivity index (χ1n) is 13.6. The summed E-state index contributed by atoms with van der Waals surface area (Å²) in [5.74, 6) is 0.235. The highest BCUT2D eigenvalue weighted by Gasteiger charge is 2.40. The van der Waals surface area contributed by atoms with Gasteiger partial charge in [-0.2, -0.15) is 9.78 Å². The molecule has 1 saturated heterocycles. The minimum Gasteiger partial charge on any atom is -0.473 e. The second-order valence-corrected chi connectivity index (χ2v) is 12.6. The van der Waals surface area contributed by atoms with Crippen molar-refractivity contribution in [2.75, 3.05) is 13.2 Å². The van der Waals surface area contributed by atoms with E-state index in [1.54, 1.807) is 4.68 Å². The molecule has 0 spiro atoms. The van der Waals surface area contributed by atoms with Crippen LogP contribution in [-0.2, 0) is 15.6 Å². The molecule has 3 fully saturated rings. The van der Waals surface area contributed by atoms with Crippen LogP contribution >= 0.6 is 11.6 Å².